The second-order valence-electron chi connectivity index (χ2n) is 4.03. The van der Waals surface area contributed by atoms with E-state index in [2.05, 4.69) is 0 Å². The van der Waals surface area contributed by atoms with Crippen LogP contribution in [-0.4, -0.2) is 19.3 Å². The zero-order chi connectivity index (χ0) is 13.1. The molecule has 17 heavy (non-hydrogen) atoms. The van der Waals surface area contributed by atoms with Crippen LogP contribution in [0.2, 0.25) is 0 Å². The summed E-state index contributed by atoms with van der Waals surface area (Å²) in [7, 11) is 0. The molecule has 2 nitrogen and oxygen atoms in total. The number of aryl methyl sites for hydroxylation is 2. The van der Waals surface area contributed by atoms with Crippen molar-refractivity contribution in [2.24, 2.45) is 11.7 Å². The second-order valence-corrected chi connectivity index (χ2v) is 4.03. The molecule has 1 atom stereocenters. The quantitative estimate of drug-likeness (QED) is 0.888. The first kappa shape index (κ1) is 13.8. The normalized spacial score (nSPS) is 13.5. The summed E-state index contributed by atoms with van der Waals surface area (Å²) in [6.45, 7) is 2.90. The Morgan fingerprint density at radius 3 is 2.35 bits per heavy atom. The summed E-state index contributed by atoms with van der Waals surface area (Å²) in [5.41, 5.74) is 7.13. The van der Waals surface area contributed by atoms with Gasteiger partial charge < -0.3 is 10.5 Å². The molecular weight excluding hydrogens is 231 g/mol. The van der Waals surface area contributed by atoms with Crippen molar-refractivity contribution < 1.29 is 17.9 Å². The fraction of sp³-hybridized carbons (Fsp3) is 0.500. The van der Waals surface area contributed by atoms with E-state index in [1.807, 2.05) is 19.9 Å². The van der Waals surface area contributed by atoms with Gasteiger partial charge in [0, 0.05) is 6.54 Å². The van der Waals surface area contributed by atoms with Crippen molar-refractivity contribution in [2.75, 3.05) is 13.2 Å². The SMILES string of the molecule is Cc1ccc(OCC(CN)C(F)(F)F)cc1C. The summed E-state index contributed by atoms with van der Waals surface area (Å²) in [5.74, 6) is -1.18. The highest BCUT2D eigenvalue weighted by Gasteiger charge is 2.39. The smallest absolute Gasteiger partial charge is 0.396 e. The summed E-state index contributed by atoms with van der Waals surface area (Å²) in [4.78, 5) is 0. The Morgan fingerprint density at radius 1 is 1.24 bits per heavy atom. The van der Waals surface area contributed by atoms with E-state index in [4.69, 9.17) is 10.5 Å². The molecule has 2 N–H and O–H groups in total. The molecule has 0 heterocycles. The monoisotopic (exact) mass is 247 g/mol. The number of hydrogen-bond donors (Lipinski definition) is 1. The number of alkyl halides is 3. The molecule has 96 valence electrons. The first-order valence-electron chi connectivity index (χ1n) is 5.31. The number of nitrogens with two attached hydrogens (primary N) is 1. The molecule has 1 aromatic carbocycles. The van der Waals surface area contributed by atoms with E-state index in [1.165, 1.54) is 0 Å². The molecule has 0 radical (unpaired) electrons. The van der Waals surface area contributed by atoms with Crippen LogP contribution in [0, 0.1) is 19.8 Å². The van der Waals surface area contributed by atoms with E-state index >= 15 is 0 Å². The van der Waals surface area contributed by atoms with Crippen molar-refractivity contribution in [1.82, 2.24) is 0 Å². The van der Waals surface area contributed by atoms with Crippen LogP contribution in [0.5, 0.6) is 5.75 Å². The number of ether oxygens (including phenoxy) is 1. The lowest BCUT2D eigenvalue weighted by Gasteiger charge is -2.19. The van der Waals surface area contributed by atoms with Crippen molar-refractivity contribution in [3.8, 4) is 5.75 Å². The van der Waals surface area contributed by atoms with Crippen LogP contribution in [0.25, 0.3) is 0 Å². The van der Waals surface area contributed by atoms with Gasteiger partial charge in [0.1, 0.15) is 18.3 Å². The zero-order valence-electron chi connectivity index (χ0n) is 9.84. The van der Waals surface area contributed by atoms with Gasteiger partial charge >= 0.3 is 6.18 Å². The van der Waals surface area contributed by atoms with Crippen molar-refractivity contribution in [3.63, 3.8) is 0 Å². The van der Waals surface area contributed by atoms with E-state index in [0.29, 0.717) is 5.75 Å². The first-order valence-corrected chi connectivity index (χ1v) is 5.31. The van der Waals surface area contributed by atoms with Crippen LogP contribution in [0.1, 0.15) is 11.1 Å². The van der Waals surface area contributed by atoms with Gasteiger partial charge in [-0.25, -0.2) is 0 Å². The molecule has 1 rings (SSSR count). The van der Waals surface area contributed by atoms with Gasteiger partial charge in [-0.15, -0.1) is 0 Å². The van der Waals surface area contributed by atoms with Crippen LogP contribution >= 0.6 is 0 Å². The molecule has 5 heteroatoms. The van der Waals surface area contributed by atoms with Crippen LogP contribution in [0.3, 0.4) is 0 Å². The average molecular weight is 247 g/mol. The number of halogens is 3. The topological polar surface area (TPSA) is 35.2 Å². The Labute approximate surface area is 98.6 Å². The van der Waals surface area contributed by atoms with E-state index in [9.17, 15) is 13.2 Å². The van der Waals surface area contributed by atoms with Crippen molar-refractivity contribution in [1.29, 1.82) is 0 Å². The summed E-state index contributed by atoms with van der Waals surface area (Å²) in [6, 6.07) is 5.20. The van der Waals surface area contributed by atoms with E-state index in [0.717, 1.165) is 11.1 Å². The number of rotatable bonds is 4. The third kappa shape index (κ3) is 3.93. The van der Waals surface area contributed by atoms with Crippen molar-refractivity contribution in [3.05, 3.63) is 29.3 Å². The fourth-order valence-corrected chi connectivity index (χ4v) is 1.30. The minimum absolute atomic E-state index is 0.441. The molecule has 0 saturated heterocycles. The van der Waals surface area contributed by atoms with Crippen LogP contribution in [0.15, 0.2) is 18.2 Å². The van der Waals surface area contributed by atoms with Gasteiger partial charge in [-0.3, -0.25) is 0 Å². The van der Waals surface area contributed by atoms with Crippen LogP contribution < -0.4 is 10.5 Å². The van der Waals surface area contributed by atoms with Crippen LogP contribution in [-0.2, 0) is 0 Å². The lowest BCUT2D eigenvalue weighted by atomic mass is 10.1. The molecule has 0 bridgehead atoms. The molecule has 0 aliphatic carbocycles. The van der Waals surface area contributed by atoms with Crippen molar-refractivity contribution >= 4 is 0 Å². The minimum atomic E-state index is -4.31. The highest BCUT2D eigenvalue weighted by atomic mass is 19.4. The van der Waals surface area contributed by atoms with Gasteiger partial charge in [-0.05, 0) is 37.1 Å². The maximum absolute atomic E-state index is 12.4. The van der Waals surface area contributed by atoms with Crippen molar-refractivity contribution in [2.45, 2.75) is 20.0 Å². The summed E-state index contributed by atoms with van der Waals surface area (Å²) < 4.78 is 42.3. The van der Waals surface area contributed by atoms with Crippen LogP contribution in [0.4, 0.5) is 13.2 Å². The maximum atomic E-state index is 12.4. The lowest BCUT2D eigenvalue weighted by molar-refractivity contribution is -0.178. The average Bonchev–Trinajstić information content (AvgIpc) is 2.22. The zero-order valence-corrected chi connectivity index (χ0v) is 9.84. The molecule has 0 saturated carbocycles. The summed E-state index contributed by atoms with van der Waals surface area (Å²) in [6.07, 6.45) is -4.31. The van der Waals surface area contributed by atoms with Gasteiger partial charge in [-0.1, -0.05) is 6.07 Å². The maximum Gasteiger partial charge on any atom is 0.396 e. The molecule has 0 amide bonds. The minimum Gasteiger partial charge on any atom is -0.493 e. The molecular formula is C12H16F3NO. The largest absolute Gasteiger partial charge is 0.493 e. The fourth-order valence-electron chi connectivity index (χ4n) is 1.30. The Kier molecular flexibility index (Phi) is 4.40. The third-order valence-corrected chi connectivity index (χ3v) is 2.68. The van der Waals surface area contributed by atoms with Gasteiger partial charge in [-0.2, -0.15) is 13.2 Å². The molecule has 1 unspecified atom stereocenters. The van der Waals surface area contributed by atoms with E-state index in [-0.39, 0.29) is 0 Å². The molecule has 0 aliphatic heterocycles. The predicted molar refractivity (Wildman–Crippen MR) is 60.0 cm³/mol. The Morgan fingerprint density at radius 2 is 1.88 bits per heavy atom. The van der Waals surface area contributed by atoms with Gasteiger partial charge in [0.25, 0.3) is 0 Å². The van der Waals surface area contributed by atoms with Gasteiger partial charge in [0.15, 0.2) is 0 Å². The highest BCUT2D eigenvalue weighted by molar-refractivity contribution is 5.33. The standard InChI is InChI=1S/C12H16F3NO/c1-8-3-4-11(5-9(8)2)17-7-10(6-16)12(13,14)15/h3-5,10H,6-7,16H2,1-2H3. The highest BCUT2D eigenvalue weighted by Crippen LogP contribution is 2.26. The Bertz CT molecular complexity index is 377. The molecule has 0 fully saturated rings. The Balaban J connectivity index is 2.63. The predicted octanol–water partition coefficient (Wildman–Crippen LogP) is 2.82. The molecule has 0 aliphatic rings. The van der Waals surface area contributed by atoms with E-state index < -0.39 is 25.2 Å². The summed E-state index contributed by atoms with van der Waals surface area (Å²) >= 11 is 0. The summed E-state index contributed by atoms with van der Waals surface area (Å²) in [5, 5.41) is 0. The molecule has 0 aromatic heterocycles. The van der Waals surface area contributed by atoms with Gasteiger partial charge in [0.05, 0.1) is 0 Å². The third-order valence-electron chi connectivity index (χ3n) is 2.68. The number of benzene rings is 1. The Hall–Kier alpha value is -1.23. The van der Waals surface area contributed by atoms with E-state index in [1.54, 1.807) is 12.1 Å². The molecule has 1 aromatic rings. The second kappa shape index (κ2) is 5.40. The lowest BCUT2D eigenvalue weighted by Crippen LogP contribution is -2.35. The first-order chi connectivity index (χ1) is 7.84. The molecule has 0 spiro atoms. The van der Waals surface area contributed by atoms with Gasteiger partial charge in [0.2, 0.25) is 0 Å². The number of hydrogen-bond acceptors (Lipinski definition) is 2.